The summed E-state index contributed by atoms with van der Waals surface area (Å²) >= 11 is 0. The molecule has 0 aromatic carbocycles. The minimum Gasteiger partial charge on any atom is -0.394 e. The van der Waals surface area contributed by atoms with Crippen molar-refractivity contribution in [1.82, 2.24) is 14.8 Å². The van der Waals surface area contributed by atoms with Crippen LogP contribution >= 0.6 is 0 Å². The zero-order valence-corrected chi connectivity index (χ0v) is 5.23. The third-order valence-corrected chi connectivity index (χ3v) is 1.21. The van der Waals surface area contributed by atoms with Crippen molar-refractivity contribution in [2.45, 2.75) is 13.0 Å². The molecule has 0 fully saturated rings. The van der Waals surface area contributed by atoms with Gasteiger partial charge in [-0.2, -0.15) is 0 Å². The fourth-order valence-electron chi connectivity index (χ4n) is 0.531. The number of hydrogen-bond acceptors (Lipinski definition) is 3. The molecule has 0 spiro atoms. The maximum atomic E-state index is 8.63. The maximum Gasteiger partial charge on any atom is 0.119 e. The van der Waals surface area contributed by atoms with Gasteiger partial charge in [-0.25, -0.2) is 0 Å². The lowest BCUT2D eigenvalue weighted by molar-refractivity contribution is 0.238. The van der Waals surface area contributed by atoms with E-state index in [1.165, 1.54) is 0 Å². The van der Waals surface area contributed by atoms with Crippen LogP contribution in [0, 0.1) is 0 Å². The molecule has 1 heterocycles. The monoisotopic (exact) mass is 127 g/mol. The lowest BCUT2D eigenvalue weighted by Crippen LogP contribution is -2.06. The fraction of sp³-hybridized carbons (Fsp3) is 0.600. The molecular formula is C5H9N3O. The molecule has 1 aromatic heterocycles. The van der Waals surface area contributed by atoms with Crippen molar-refractivity contribution in [3.8, 4) is 0 Å². The first kappa shape index (κ1) is 6.22. The molecular weight excluding hydrogens is 118 g/mol. The molecule has 0 amide bonds. The molecule has 0 saturated carbocycles. The van der Waals surface area contributed by atoms with E-state index in [-0.39, 0.29) is 12.6 Å². The number of aliphatic hydroxyl groups is 1. The second kappa shape index (κ2) is 2.59. The summed E-state index contributed by atoms with van der Waals surface area (Å²) in [7, 11) is 0. The Morgan fingerprint density at radius 1 is 1.56 bits per heavy atom. The van der Waals surface area contributed by atoms with Crippen molar-refractivity contribution in [3.05, 3.63) is 12.7 Å². The first-order valence-corrected chi connectivity index (χ1v) is 2.79. The van der Waals surface area contributed by atoms with E-state index >= 15 is 0 Å². The fourth-order valence-corrected chi connectivity index (χ4v) is 0.531. The van der Waals surface area contributed by atoms with Gasteiger partial charge in [0.1, 0.15) is 12.7 Å². The Kier molecular flexibility index (Phi) is 1.79. The summed E-state index contributed by atoms with van der Waals surface area (Å²) in [5.74, 6) is 0. The molecule has 1 atom stereocenters. The molecule has 0 bridgehead atoms. The predicted octanol–water partition coefficient (Wildman–Crippen LogP) is -0.169. The van der Waals surface area contributed by atoms with Crippen molar-refractivity contribution in [1.29, 1.82) is 0 Å². The van der Waals surface area contributed by atoms with Crippen LogP contribution in [0.4, 0.5) is 0 Å². The molecule has 0 radical (unpaired) electrons. The molecule has 0 aliphatic carbocycles. The summed E-state index contributed by atoms with van der Waals surface area (Å²) in [5.41, 5.74) is 0. The largest absolute Gasteiger partial charge is 0.394 e. The molecule has 1 N–H and O–H groups in total. The van der Waals surface area contributed by atoms with Crippen LogP contribution in [-0.2, 0) is 0 Å². The highest BCUT2D eigenvalue weighted by Gasteiger charge is 1.99. The van der Waals surface area contributed by atoms with E-state index in [4.69, 9.17) is 5.11 Å². The number of nitrogens with zero attached hydrogens (tertiary/aromatic N) is 3. The van der Waals surface area contributed by atoms with Crippen LogP contribution in [-0.4, -0.2) is 26.5 Å². The number of aromatic nitrogens is 3. The third kappa shape index (κ3) is 1.26. The van der Waals surface area contributed by atoms with Gasteiger partial charge >= 0.3 is 0 Å². The zero-order valence-electron chi connectivity index (χ0n) is 5.23. The summed E-state index contributed by atoms with van der Waals surface area (Å²) in [4.78, 5) is 0. The Morgan fingerprint density at radius 2 is 2.11 bits per heavy atom. The van der Waals surface area contributed by atoms with Gasteiger partial charge in [0.2, 0.25) is 0 Å². The first-order chi connectivity index (χ1) is 4.34. The van der Waals surface area contributed by atoms with Gasteiger partial charge in [0.25, 0.3) is 0 Å². The van der Waals surface area contributed by atoms with E-state index in [1.807, 2.05) is 6.92 Å². The zero-order chi connectivity index (χ0) is 6.69. The molecule has 1 rings (SSSR count). The Hall–Kier alpha value is -0.900. The van der Waals surface area contributed by atoms with E-state index in [9.17, 15) is 0 Å². The van der Waals surface area contributed by atoms with Crippen LogP contribution in [0.3, 0.4) is 0 Å². The normalized spacial score (nSPS) is 13.6. The third-order valence-electron chi connectivity index (χ3n) is 1.21. The van der Waals surface area contributed by atoms with Crippen LogP contribution in [0.1, 0.15) is 13.0 Å². The smallest absolute Gasteiger partial charge is 0.119 e. The standard InChI is InChI=1S/C5H9N3O/c1-5(2-9)8-3-6-7-4-8/h3-5,9H,2H2,1H3/t5-/m1/s1. The van der Waals surface area contributed by atoms with Crippen LogP contribution in [0.25, 0.3) is 0 Å². The minimum atomic E-state index is 0.0833. The molecule has 4 nitrogen and oxygen atoms in total. The Labute approximate surface area is 53.1 Å². The average molecular weight is 127 g/mol. The SMILES string of the molecule is C[C@H](CO)n1cnnc1. The summed E-state index contributed by atoms with van der Waals surface area (Å²) in [6.45, 7) is 2.02. The lowest BCUT2D eigenvalue weighted by Gasteiger charge is -2.05. The molecule has 4 heteroatoms. The van der Waals surface area contributed by atoms with Gasteiger partial charge in [-0.05, 0) is 6.92 Å². The number of aliphatic hydroxyl groups excluding tert-OH is 1. The van der Waals surface area contributed by atoms with Crippen LogP contribution in [0.15, 0.2) is 12.7 Å². The average Bonchev–Trinajstić information content (AvgIpc) is 2.37. The van der Waals surface area contributed by atoms with Gasteiger partial charge in [-0.15, -0.1) is 10.2 Å². The maximum absolute atomic E-state index is 8.63. The Balaban J connectivity index is 2.65. The van der Waals surface area contributed by atoms with E-state index in [0.717, 1.165) is 0 Å². The lowest BCUT2D eigenvalue weighted by atomic mass is 10.4. The second-order valence-electron chi connectivity index (χ2n) is 1.94. The highest BCUT2D eigenvalue weighted by atomic mass is 16.3. The van der Waals surface area contributed by atoms with Crippen molar-refractivity contribution >= 4 is 0 Å². The van der Waals surface area contributed by atoms with E-state index in [1.54, 1.807) is 17.2 Å². The van der Waals surface area contributed by atoms with Crippen molar-refractivity contribution in [3.63, 3.8) is 0 Å². The highest BCUT2D eigenvalue weighted by Crippen LogP contribution is 1.99. The first-order valence-electron chi connectivity index (χ1n) is 2.79. The van der Waals surface area contributed by atoms with Crippen molar-refractivity contribution in [2.75, 3.05) is 6.61 Å². The molecule has 0 aliphatic rings. The molecule has 0 unspecified atom stereocenters. The van der Waals surface area contributed by atoms with Gasteiger partial charge in [-0.3, -0.25) is 0 Å². The van der Waals surface area contributed by atoms with Crippen molar-refractivity contribution < 1.29 is 5.11 Å². The number of hydrogen-bond donors (Lipinski definition) is 1. The Morgan fingerprint density at radius 3 is 2.56 bits per heavy atom. The van der Waals surface area contributed by atoms with E-state index in [0.29, 0.717) is 0 Å². The minimum absolute atomic E-state index is 0.0833. The topological polar surface area (TPSA) is 50.9 Å². The molecule has 0 saturated heterocycles. The quantitative estimate of drug-likeness (QED) is 0.600. The molecule has 1 aromatic rings. The van der Waals surface area contributed by atoms with Gasteiger partial charge in [-0.1, -0.05) is 0 Å². The Bertz CT molecular complexity index is 161. The summed E-state index contributed by atoms with van der Waals surface area (Å²) in [5, 5.41) is 15.8. The molecule has 9 heavy (non-hydrogen) atoms. The summed E-state index contributed by atoms with van der Waals surface area (Å²) in [6.07, 6.45) is 3.17. The van der Waals surface area contributed by atoms with Crippen LogP contribution < -0.4 is 0 Å². The van der Waals surface area contributed by atoms with E-state index in [2.05, 4.69) is 10.2 Å². The summed E-state index contributed by atoms with van der Waals surface area (Å²) in [6, 6.07) is 0.0833. The van der Waals surface area contributed by atoms with Gasteiger partial charge in [0, 0.05) is 0 Å². The van der Waals surface area contributed by atoms with Gasteiger partial charge in [0.15, 0.2) is 0 Å². The van der Waals surface area contributed by atoms with E-state index < -0.39 is 0 Å². The van der Waals surface area contributed by atoms with Gasteiger partial charge in [0.05, 0.1) is 12.6 Å². The van der Waals surface area contributed by atoms with Crippen LogP contribution in [0.5, 0.6) is 0 Å². The summed E-state index contributed by atoms with van der Waals surface area (Å²) < 4.78 is 1.75. The van der Waals surface area contributed by atoms with Crippen molar-refractivity contribution in [2.24, 2.45) is 0 Å². The van der Waals surface area contributed by atoms with Crippen LogP contribution in [0.2, 0.25) is 0 Å². The molecule has 0 aliphatic heterocycles. The second-order valence-corrected chi connectivity index (χ2v) is 1.94. The molecule has 50 valence electrons. The number of rotatable bonds is 2. The predicted molar refractivity (Wildman–Crippen MR) is 31.8 cm³/mol. The highest BCUT2D eigenvalue weighted by molar-refractivity contribution is 4.67. The van der Waals surface area contributed by atoms with Gasteiger partial charge < -0.3 is 9.67 Å².